The van der Waals surface area contributed by atoms with E-state index in [-0.39, 0.29) is 17.5 Å². The summed E-state index contributed by atoms with van der Waals surface area (Å²) >= 11 is 4.80. The van der Waals surface area contributed by atoms with Gasteiger partial charge in [0, 0.05) is 12.1 Å². The van der Waals surface area contributed by atoms with Gasteiger partial charge in [-0.1, -0.05) is 12.5 Å². The van der Waals surface area contributed by atoms with Gasteiger partial charge in [-0.2, -0.15) is 5.10 Å². The number of hydrazone groups is 1. The number of nitrogens with one attached hydrogen (secondary N) is 1. The van der Waals surface area contributed by atoms with Gasteiger partial charge in [0.15, 0.2) is 17.0 Å². The van der Waals surface area contributed by atoms with Crippen LogP contribution in [0.1, 0.15) is 37.3 Å². The summed E-state index contributed by atoms with van der Waals surface area (Å²) in [5, 5.41) is 4.59. The molecule has 0 aromatic carbocycles. The first-order chi connectivity index (χ1) is 8.68. The fourth-order valence-electron chi connectivity index (χ4n) is 2.47. The maximum atomic E-state index is 5.43. The Morgan fingerprint density at radius 3 is 2.95 bits per heavy atom. The maximum Gasteiger partial charge on any atom is 0.189 e. The zero-order chi connectivity index (χ0) is 13.0. The van der Waals surface area contributed by atoms with Gasteiger partial charge in [-0.05, 0) is 31.5 Å². The van der Waals surface area contributed by atoms with Crippen molar-refractivity contribution in [3.8, 4) is 0 Å². The lowest BCUT2D eigenvalue weighted by Crippen LogP contribution is -3.00. The number of aromatic nitrogens is 1. The van der Waals surface area contributed by atoms with Gasteiger partial charge in [-0.25, -0.2) is 4.57 Å². The Morgan fingerprint density at radius 1 is 1.47 bits per heavy atom. The average molecular weight is 299 g/mol. The number of pyridine rings is 1. The number of hydrogen-bond donors (Lipinski definition) is 2. The van der Waals surface area contributed by atoms with Crippen LogP contribution in [0.2, 0.25) is 0 Å². The van der Waals surface area contributed by atoms with Gasteiger partial charge in [0.05, 0.1) is 11.6 Å². The van der Waals surface area contributed by atoms with Gasteiger partial charge in [0.1, 0.15) is 7.05 Å². The molecule has 1 atom stereocenters. The molecule has 4 nitrogen and oxygen atoms in total. The van der Waals surface area contributed by atoms with Crippen molar-refractivity contribution in [3.05, 3.63) is 30.1 Å². The summed E-state index contributed by atoms with van der Waals surface area (Å²) in [6, 6.07) is 6.27. The first-order valence-corrected chi connectivity index (χ1v) is 6.66. The quantitative estimate of drug-likeness (QED) is 0.391. The minimum absolute atomic E-state index is 0. The van der Waals surface area contributed by atoms with E-state index in [1.54, 1.807) is 0 Å². The van der Waals surface area contributed by atoms with Crippen LogP contribution in [0.3, 0.4) is 0 Å². The van der Waals surface area contributed by atoms with E-state index in [4.69, 9.17) is 18.0 Å². The smallest absolute Gasteiger partial charge is 0.189 e. The summed E-state index contributed by atoms with van der Waals surface area (Å²) < 4.78 is 2.16. The number of aryl methyl sites for hydroxylation is 1. The lowest BCUT2D eigenvalue weighted by atomic mass is 9.84. The van der Waals surface area contributed by atoms with E-state index >= 15 is 0 Å². The Labute approximate surface area is 125 Å². The zero-order valence-corrected chi connectivity index (χ0v) is 12.5. The Bertz CT molecular complexity index is 475. The van der Waals surface area contributed by atoms with Crippen LogP contribution in [0, 0.1) is 0 Å². The zero-order valence-electron chi connectivity index (χ0n) is 11.0. The highest BCUT2D eigenvalue weighted by Gasteiger charge is 2.28. The molecule has 0 radical (unpaired) electrons. The second-order valence-corrected chi connectivity index (χ2v) is 5.05. The van der Waals surface area contributed by atoms with Gasteiger partial charge in [0.2, 0.25) is 0 Å². The van der Waals surface area contributed by atoms with Gasteiger partial charge in [-0.15, -0.1) is 0 Å². The third-order valence-corrected chi connectivity index (χ3v) is 3.43. The highest BCUT2D eigenvalue weighted by Crippen LogP contribution is 2.28. The van der Waals surface area contributed by atoms with Gasteiger partial charge in [-0.3, -0.25) is 5.43 Å². The van der Waals surface area contributed by atoms with Crippen molar-refractivity contribution < 1.29 is 17.0 Å². The summed E-state index contributed by atoms with van der Waals surface area (Å²) in [6.45, 7) is 0. The van der Waals surface area contributed by atoms with Crippen LogP contribution in [0.25, 0.3) is 0 Å². The predicted octanol–water partition coefficient (Wildman–Crippen LogP) is -1.64. The lowest BCUT2D eigenvalue weighted by Gasteiger charge is -2.22. The van der Waals surface area contributed by atoms with E-state index in [2.05, 4.69) is 40.5 Å². The molecular weight excluding hydrogens is 280 g/mol. The topological polar surface area (TPSA) is 54.3 Å². The van der Waals surface area contributed by atoms with E-state index in [1.807, 2.05) is 6.07 Å². The van der Waals surface area contributed by atoms with Gasteiger partial charge in [0.25, 0.3) is 0 Å². The number of thiocarbonyl (C=S) groups is 1. The second-order valence-electron chi connectivity index (χ2n) is 4.61. The first kappa shape index (κ1) is 15.9. The van der Waals surface area contributed by atoms with Crippen LogP contribution in [0.5, 0.6) is 0 Å². The Morgan fingerprint density at radius 2 is 2.26 bits per heavy atom. The number of nitrogens with two attached hydrogens (primary N) is 1. The molecule has 104 valence electrons. The Hall–Kier alpha value is -1.20. The summed E-state index contributed by atoms with van der Waals surface area (Å²) in [4.78, 5) is 0. The SMILES string of the molecule is C[n+]1ccccc1C1CCCC/C1=N\NC(N)=S.[Cl-]. The molecule has 6 heteroatoms. The van der Waals surface area contributed by atoms with E-state index in [9.17, 15) is 0 Å². The van der Waals surface area contributed by atoms with Crippen LogP contribution in [0.15, 0.2) is 29.5 Å². The molecule has 0 amide bonds. The maximum absolute atomic E-state index is 5.43. The molecule has 0 aliphatic heterocycles. The number of halogens is 1. The molecule has 0 saturated heterocycles. The average Bonchev–Trinajstić information content (AvgIpc) is 2.37. The number of rotatable bonds is 2. The van der Waals surface area contributed by atoms with Crippen LogP contribution in [0.4, 0.5) is 0 Å². The molecule has 19 heavy (non-hydrogen) atoms. The molecule has 2 rings (SSSR count). The molecule has 1 aliphatic rings. The highest BCUT2D eigenvalue weighted by molar-refractivity contribution is 7.80. The normalized spacial score (nSPS) is 20.7. The molecule has 1 saturated carbocycles. The first-order valence-electron chi connectivity index (χ1n) is 6.25. The van der Waals surface area contributed by atoms with Gasteiger partial charge >= 0.3 is 0 Å². The van der Waals surface area contributed by atoms with E-state index in [1.165, 1.54) is 18.5 Å². The van der Waals surface area contributed by atoms with Crippen LogP contribution in [-0.2, 0) is 7.05 Å². The number of hydrogen-bond acceptors (Lipinski definition) is 2. The molecule has 1 fully saturated rings. The second kappa shape index (κ2) is 7.40. The van der Waals surface area contributed by atoms with Crippen LogP contribution >= 0.6 is 12.2 Å². The Balaban J connectivity index is 0.00000180. The lowest BCUT2D eigenvalue weighted by molar-refractivity contribution is -0.679. The Kier molecular flexibility index (Phi) is 6.18. The minimum atomic E-state index is 0. The van der Waals surface area contributed by atoms with Gasteiger partial charge < -0.3 is 18.1 Å². The minimum Gasteiger partial charge on any atom is -1.00 e. The summed E-state index contributed by atoms with van der Waals surface area (Å²) in [5.41, 5.74) is 10.6. The largest absolute Gasteiger partial charge is 1.00 e. The van der Waals surface area contributed by atoms with Crippen molar-refractivity contribution in [2.75, 3.05) is 0 Å². The monoisotopic (exact) mass is 298 g/mol. The van der Waals surface area contributed by atoms with Crippen LogP contribution < -0.4 is 28.1 Å². The summed E-state index contributed by atoms with van der Waals surface area (Å²) in [5.74, 6) is 0.367. The van der Waals surface area contributed by atoms with Crippen LogP contribution in [-0.4, -0.2) is 10.8 Å². The van der Waals surface area contributed by atoms with Crippen molar-refractivity contribution >= 4 is 23.0 Å². The molecule has 0 spiro atoms. The third-order valence-electron chi connectivity index (χ3n) is 3.34. The molecule has 3 N–H and O–H groups in total. The molecule has 1 aromatic rings. The predicted molar refractivity (Wildman–Crippen MR) is 76.2 cm³/mol. The molecule has 1 heterocycles. The van der Waals surface area contributed by atoms with E-state index in [0.29, 0.717) is 5.92 Å². The molecule has 1 unspecified atom stereocenters. The fraction of sp³-hybridized carbons (Fsp3) is 0.462. The van der Waals surface area contributed by atoms with Crippen molar-refractivity contribution in [3.63, 3.8) is 0 Å². The van der Waals surface area contributed by atoms with Crippen molar-refractivity contribution in [1.82, 2.24) is 5.43 Å². The summed E-state index contributed by atoms with van der Waals surface area (Å²) in [7, 11) is 2.07. The summed E-state index contributed by atoms with van der Waals surface area (Å²) in [6.07, 6.45) is 6.64. The fourth-order valence-corrected chi connectivity index (χ4v) is 2.52. The van der Waals surface area contributed by atoms with Crippen molar-refractivity contribution in [1.29, 1.82) is 0 Å². The number of nitrogens with zero attached hydrogens (tertiary/aromatic N) is 2. The highest BCUT2D eigenvalue weighted by atomic mass is 35.5. The van der Waals surface area contributed by atoms with Crippen molar-refractivity contribution in [2.45, 2.75) is 31.6 Å². The molecule has 1 aliphatic carbocycles. The standard InChI is InChI=1S/C13H18N4S.ClH/c1-17-9-5-4-8-12(17)10-6-2-3-7-11(10)15-16-13(14)18;/h4-5,8-10H,2-3,6-7H2,1H3,(H2-,14,16,18);1H/b15-11+;. The van der Waals surface area contributed by atoms with Crippen molar-refractivity contribution in [2.24, 2.45) is 17.9 Å². The van der Waals surface area contributed by atoms with E-state index < -0.39 is 0 Å². The van der Waals surface area contributed by atoms with E-state index in [0.717, 1.165) is 18.6 Å². The molecule has 0 bridgehead atoms. The molecular formula is C13H19ClN4S. The molecule has 1 aromatic heterocycles. The third kappa shape index (κ3) is 4.14.